The lowest BCUT2D eigenvalue weighted by atomic mass is 10.0. The Kier molecular flexibility index (Phi) is 7.89. The molecular formula is C24H33N5O2. The van der Waals surface area contributed by atoms with Crippen LogP contribution in [-0.4, -0.2) is 68.6 Å². The van der Waals surface area contributed by atoms with Crippen molar-refractivity contribution in [1.29, 1.82) is 0 Å². The monoisotopic (exact) mass is 423 g/mol. The van der Waals surface area contributed by atoms with Gasteiger partial charge in [0.1, 0.15) is 0 Å². The van der Waals surface area contributed by atoms with Crippen molar-refractivity contribution in [2.75, 3.05) is 51.0 Å². The number of piperidine rings is 1. The third-order valence-corrected chi connectivity index (χ3v) is 5.50. The van der Waals surface area contributed by atoms with E-state index in [-0.39, 0.29) is 18.0 Å². The van der Waals surface area contributed by atoms with Gasteiger partial charge in [0, 0.05) is 38.1 Å². The number of carbonyl (C=O) groups excluding carboxylic acids is 2. The number of para-hydroxylation sites is 1. The summed E-state index contributed by atoms with van der Waals surface area (Å²) in [5.74, 6) is -0.0637. The molecular weight excluding hydrogens is 390 g/mol. The average Bonchev–Trinajstić information content (AvgIpc) is 2.77. The highest BCUT2D eigenvalue weighted by atomic mass is 16.2. The molecule has 1 fully saturated rings. The van der Waals surface area contributed by atoms with Gasteiger partial charge in [-0.1, -0.05) is 30.3 Å². The Morgan fingerprint density at radius 1 is 1.06 bits per heavy atom. The summed E-state index contributed by atoms with van der Waals surface area (Å²) in [4.78, 5) is 30.7. The maximum Gasteiger partial charge on any atom is 0.317 e. The first-order valence-corrected chi connectivity index (χ1v) is 10.8. The number of rotatable bonds is 7. The first-order valence-electron chi connectivity index (χ1n) is 10.8. The normalized spacial score (nSPS) is 16.1. The van der Waals surface area contributed by atoms with Crippen LogP contribution in [0, 0.1) is 0 Å². The Morgan fingerprint density at radius 3 is 2.58 bits per heavy atom. The number of nitrogens with zero attached hydrogens (tertiary/aromatic N) is 3. The van der Waals surface area contributed by atoms with Crippen molar-refractivity contribution in [3.05, 3.63) is 60.2 Å². The van der Waals surface area contributed by atoms with Gasteiger partial charge in [0.25, 0.3) is 0 Å². The molecule has 1 aliphatic rings. The second-order valence-corrected chi connectivity index (χ2v) is 8.33. The van der Waals surface area contributed by atoms with Crippen molar-refractivity contribution in [2.45, 2.75) is 25.4 Å². The second-order valence-electron chi connectivity index (χ2n) is 8.33. The van der Waals surface area contributed by atoms with Crippen molar-refractivity contribution in [3.63, 3.8) is 0 Å². The Balaban J connectivity index is 1.52. The molecule has 1 aliphatic heterocycles. The molecule has 2 aromatic carbocycles. The van der Waals surface area contributed by atoms with E-state index in [4.69, 9.17) is 0 Å². The third kappa shape index (κ3) is 6.72. The minimum Gasteiger partial charge on any atom is -0.369 e. The first kappa shape index (κ1) is 22.6. The van der Waals surface area contributed by atoms with Crippen LogP contribution < -0.4 is 15.5 Å². The molecule has 0 spiro atoms. The zero-order valence-corrected chi connectivity index (χ0v) is 18.7. The van der Waals surface area contributed by atoms with Crippen LogP contribution in [0.4, 0.5) is 16.2 Å². The summed E-state index contributed by atoms with van der Waals surface area (Å²) in [5, 5.41) is 5.90. The lowest BCUT2D eigenvalue weighted by Crippen LogP contribution is -2.51. The lowest BCUT2D eigenvalue weighted by Gasteiger charge is -2.38. The van der Waals surface area contributed by atoms with E-state index in [0.29, 0.717) is 13.1 Å². The van der Waals surface area contributed by atoms with E-state index in [1.807, 2.05) is 73.4 Å². The number of likely N-dealkylation sites (N-methyl/N-ethyl adjacent to an activating group) is 2. The lowest BCUT2D eigenvalue weighted by molar-refractivity contribution is -0.116. The summed E-state index contributed by atoms with van der Waals surface area (Å²) in [6.07, 6.45) is 2.06. The smallest absolute Gasteiger partial charge is 0.317 e. The Hall–Kier alpha value is -3.06. The molecule has 7 nitrogen and oxygen atoms in total. The number of hydrogen-bond acceptors (Lipinski definition) is 4. The summed E-state index contributed by atoms with van der Waals surface area (Å²) in [5.41, 5.74) is 2.88. The quantitative estimate of drug-likeness (QED) is 0.719. The SMILES string of the molecule is CN(C)CC(=O)Nc1cccc(CNC(=O)N(C)C2CCCN(c3ccccc3)C2)c1. The Bertz CT molecular complexity index is 871. The van der Waals surface area contributed by atoms with E-state index in [1.165, 1.54) is 5.69 Å². The molecule has 2 aromatic rings. The summed E-state index contributed by atoms with van der Waals surface area (Å²) >= 11 is 0. The molecule has 166 valence electrons. The minimum atomic E-state index is -0.0815. The highest BCUT2D eigenvalue weighted by Crippen LogP contribution is 2.22. The fraction of sp³-hybridized carbons (Fsp3) is 0.417. The van der Waals surface area contributed by atoms with Gasteiger partial charge in [-0.05, 0) is 56.8 Å². The second kappa shape index (κ2) is 10.8. The van der Waals surface area contributed by atoms with E-state index >= 15 is 0 Å². The molecule has 31 heavy (non-hydrogen) atoms. The molecule has 0 aromatic heterocycles. The van der Waals surface area contributed by atoms with Crippen LogP contribution in [0.1, 0.15) is 18.4 Å². The molecule has 0 saturated carbocycles. The number of nitrogens with one attached hydrogen (secondary N) is 2. The van der Waals surface area contributed by atoms with E-state index in [0.717, 1.165) is 37.2 Å². The van der Waals surface area contributed by atoms with Crippen LogP contribution in [0.2, 0.25) is 0 Å². The summed E-state index contributed by atoms with van der Waals surface area (Å²) in [7, 11) is 5.58. The molecule has 2 N–H and O–H groups in total. The van der Waals surface area contributed by atoms with Gasteiger partial charge in [0.05, 0.1) is 12.6 Å². The molecule has 1 saturated heterocycles. The van der Waals surface area contributed by atoms with Gasteiger partial charge in [-0.2, -0.15) is 0 Å². The van der Waals surface area contributed by atoms with Gasteiger partial charge < -0.3 is 25.3 Å². The average molecular weight is 424 g/mol. The number of urea groups is 1. The largest absolute Gasteiger partial charge is 0.369 e. The van der Waals surface area contributed by atoms with E-state index in [1.54, 1.807) is 0 Å². The van der Waals surface area contributed by atoms with Crippen LogP contribution in [0.15, 0.2) is 54.6 Å². The summed E-state index contributed by atoms with van der Waals surface area (Å²) in [6.45, 7) is 2.59. The van der Waals surface area contributed by atoms with Crippen molar-refractivity contribution in [2.24, 2.45) is 0 Å². The topological polar surface area (TPSA) is 67.9 Å². The van der Waals surface area contributed by atoms with Crippen molar-refractivity contribution < 1.29 is 9.59 Å². The number of hydrogen-bond donors (Lipinski definition) is 2. The van der Waals surface area contributed by atoms with Crippen LogP contribution >= 0.6 is 0 Å². The van der Waals surface area contributed by atoms with Crippen LogP contribution in [-0.2, 0) is 11.3 Å². The standard InChI is InChI=1S/C24H33N5O2/c1-27(2)18-23(30)26-20-10-7-9-19(15-20)16-25-24(31)28(3)22-13-8-14-29(17-22)21-11-5-4-6-12-21/h4-7,9-12,15,22H,8,13-14,16-18H2,1-3H3,(H,25,31)(H,26,30). The highest BCUT2D eigenvalue weighted by Gasteiger charge is 2.26. The molecule has 7 heteroatoms. The van der Waals surface area contributed by atoms with Crippen molar-refractivity contribution >= 4 is 23.3 Å². The van der Waals surface area contributed by atoms with Gasteiger partial charge in [0.2, 0.25) is 5.91 Å². The summed E-state index contributed by atoms with van der Waals surface area (Å²) in [6, 6.07) is 18.0. The highest BCUT2D eigenvalue weighted by molar-refractivity contribution is 5.92. The molecule has 0 bridgehead atoms. The molecule has 0 aliphatic carbocycles. The van der Waals surface area contributed by atoms with Gasteiger partial charge >= 0.3 is 6.03 Å². The number of carbonyl (C=O) groups is 2. The molecule has 0 radical (unpaired) electrons. The van der Waals surface area contributed by atoms with Gasteiger partial charge in [0.15, 0.2) is 0 Å². The van der Waals surface area contributed by atoms with Gasteiger partial charge in [-0.15, -0.1) is 0 Å². The molecule has 1 atom stereocenters. The van der Waals surface area contributed by atoms with E-state index in [9.17, 15) is 9.59 Å². The number of benzene rings is 2. The van der Waals surface area contributed by atoms with Crippen LogP contribution in [0.5, 0.6) is 0 Å². The molecule has 3 amide bonds. The Labute approximate surface area is 185 Å². The molecule has 1 heterocycles. The van der Waals surface area contributed by atoms with Gasteiger partial charge in [-0.3, -0.25) is 4.79 Å². The van der Waals surface area contributed by atoms with E-state index < -0.39 is 0 Å². The van der Waals surface area contributed by atoms with E-state index in [2.05, 4.69) is 27.7 Å². The van der Waals surface area contributed by atoms with Gasteiger partial charge in [-0.25, -0.2) is 4.79 Å². The fourth-order valence-corrected chi connectivity index (χ4v) is 3.86. The molecule has 1 unspecified atom stereocenters. The minimum absolute atomic E-state index is 0.0637. The third-order valence-electron chi connectivity index (χ3n) is 5.50. The first-order chi connectivity index (χ1) is 14.9. The number of amides is 3. The van der Waals surface area contributed by atoms with Crippen molar-refractivity contribution in [1.82, 2.24) is 15.1 Å². The fourth-order valence-electron chi connectivity index (χ4n) is 3.86. The zero-order valence-electron chi connectivity index (χ0n) is 18.7. The predicted molar refractivity (Wildman–Crippen MR) is 125 cm³/mol. The van der Waals surface area contributed by atoms with Crippen molar-refractivity contribution in [3.8, 4) is 0 Å². The van der Waals surface area contributed by atoms with Crippen LogP contribution in [0.3, 0.4) is 0 Å². The predicted octanol–water partition coefficient (Wildman–Crippen LogP) is 3.00. The summed E-state index contributed by atoms with van der Waals surface area (Å²) < 4.78 is 0. The number of anilines is 2. The zero-order chi connectivity index (χ0) is 22.2. The molecule has 3 rings (SSSR count). The maximum absolute atomic E-state index is 12.8. The Morgan fingerprint density at radius 2 is 1.84 bits per heavy atom. The maximum atomic E-state index is 12.8. The van der Waals surface area contributed by atoms with Crippen LogP contribution in [0.25, 0.3) is 0 Å².